The summed E-state index contributed by atoms with van der Waals surface area (Å²) in [6.45, 7) is 5.53. The molecule has 116 valence electrons. The third kappa shape index (κ3) is 2.96. The van der Waals surface area contributed by atoms with E-state index in [2.05, 4.69) is 11.7 Å². The molecule has 0 amide bonds. The molecule has 0 saturated carbocycles. The molecular formula is C15H16ClN3O3. The maximum absolute atomic E-state index is 12.6. The first-order valence-electron chi connectivity index (χ1n) is 6.66. The average Bonchev–Trinajstić information content (AvgIpc) is 2.86. The van der Waals surface area contributed by atoms with Crippen LogP contribution in [0.2, 0.25) is 0 Å². The van der Waals surface area contributed by atoms with E-state index in [-0.39, 0.29) is 23.1 Å². The number of carbonyl (C=O) groups excluding carboxylic acids is 2. The van der Waals surface area contributed by atoms with Crippen molar-refractivity contribution >= 4 is 30.1 Å². The lowest BCUT2D eigenvalue weighted by atomic mass is 9.98. The number of nitrogens with zero attached hydrogens (tertiary/aromatic N) is 3. The van der Waals surface area contributed by atoms with Gasteiger partial charge in [0, 0.05) is 25.0 Å². The molecule has 2 aliphatic heterocycles. The highest BCUT2D eigenvalue weighted by Crippen LogP contribution is 2.30. The summed E-state index contributed by atoms with van der Waals surface area (Å²) in [4.78, 5) is 31.8. The second-order valence-electron chi connectivity index (χ2n) is 4.62. The summed E-state index contributed by atoms with van der Waals surface area (Å²) in [5.74, 6) is -0.479. The molecule has 22 heavy (non-hydrogen) atoms. The third-order valence-electron chi connectivity index (χ3n) is 3.21. The van der Waals surface area contributed by atoms with Gasteiger partial charge in [-0.3, -0.25) is 9.79 Å². The summed E-state index contributed by atoms with van der Waals surface area (Å²) in [5, 5.41) is 0.168. The third-order valence-corrected chi connectivity index (χ3v) is 3.46. The van der Waals surface area contributed by atoms with E-state index in [4.69, 9.17) is 16.3 Å². The Morgan fingerprint density at radius 3 is 2.91 bits per heavy atom. The van der Waals surface area contributed by atoms with Crippen molar-refractivity contribution in [2.24, 2.45) is 4.99 Å². The minimum atomic E-state index is -0.634. The Hall–Kier alpha value is -2.34. The van der Waals surface area contributed by atoms with E-state index in [1.54, 1.807) is 37.3 Å². The van der Waals surface area contributed by atoms with Gasteiger partial charge in [0.25, 0.3) is 0 Å². The predicted molar refractivity (Wildman–Crippen MR) is 83.8 cm³/mol. The van der Waals surface area contributed by atoms with Crippen molar-refractivity contribution in [1.29, 1.82) is 0 Å². The second kappa shape index (κ2) is 6.62. The summed E-state index contributed by atoms with van der Waals surface area (Å²) in [6, 6.07) is 0. The van der Waals surface area contributed by atoms with Crippen molar-refractivity contribution < 1.29 is 14.3 Å². The predicted octanol–water partition coefficient (Wildman–Crippen LogP) is 1.77. The number of hydrogen-bond acceptors (Lipinski definition) is 6. The van der Waals surface area contributed by atoms with Crippen LogP contribution < -0.4 is 0 Å². The van der Waals surface area contributed by atoms with Crippen LogP contribution in [0.1, 0.15) is 6.92 Å². The highest BCUT2D eigenvalue weighted by Gasteiger charge is 2.37. The Labute approximate surface area is 133 Å². The van der Waals surface area contributed by atoms with Crippen molar-refractivity contribution in [2.75, 3.05) is 20.2 Å². The molecule has 0 atom stereocenters. The molecule has 0 unspecified atom stereocenters. The molecule has 2 rings (SSSR count). The van der Waals surface area contributed by atoms with Gasteiger partial charge in [0.1, 0.15) is 16.6 Å². The number of esters is 1. The molecule has 0 spiro atoms. The molecule has 2 heterocycles. The molecule has 0 N–H and O–H groups in total. The molecule has 0 radical (unpaired) electrons. The van der Waals surface area contributed by atoms with Crippen molar-refractivity contribution in [2.45, 2.75) is 6.92 Å². The molecule has 0 saturated heterocycles. The van der Waals surface area contributed by atoms with Gasteiger partial charge in [0.05, 0.1) is 13.2 Å². The first-order chi connectivity index (χ1) is 10.5. The minimum Gasteiger partial charge on any atom is -0.462 e. The first kappa shape index (κ1) is 16.0. The fourth-order valence-electron chi connectivity index (χ4n) is 2.23. The molecular weight excluding hydrogens is 306 g/mol. The molecule has 0 bridgehead atoms. The lowest BCUT2D eigenvalue weighted by Crippen LogP contribution is -2.36. The van der Waals surface area contributed by atoms with Crippen LogP contribution in [0.4, 0.5) is 0 Å². The van der Waals surface area contributed by atoms with Gasteiger partial charge < -0.3 is 14.5 Å². The zero-order valence-corrected chi connectivity index (χ0v) is 13.1. The number of ketones is 1. The number of ether oxygens (including phenoxy) is 1. The summed E-state index contributed by atoms with van der Waals surface area (Å²) in [6.07, 6.45) is 6.59. The van der Waals surface area contributed by atoms with Crippen LogP contribution in [0.15, 0.2) is 51.7 Å². The van der Waals surface area contributed by atoms with Gasteiger partial charge in [-0.05, 0) is 19.7 Å². The maximum atomic E-state index is 12.6. The van der Waals surface area contributed by atoms with Gasteiger partial charge in [-0.2, -0.15) is 0 Å². The number of halogens is 1. The highest BCUT2D eigenvalue weighted by molar-refractivity contribution is 6.30. The molecule has 0 aromatic rings. The SMILES string of the molecule is C=N/C(Cl)=C\C=C1/CN2C=CN(C)C2=C(C(=O)OCC)C1=O. The fourth-order valence-corrected chi connectivity index (χ4v) is 2.29. The van der Waals surface area contributed by atoms with Crippen molar-refractivity contribution in [3.8, 4) is 0 Å². The van der Waals surface area contributed by atoms with Gasteiger partial charge in [-0.25, -0.2) is 4.79 Å². The van der Waals surface area contributed by atoms with Crippen LogP contribution >= 0.6 is 11.6 Å². The highest BCUT2D eigenvalue weighted by atomic mass is 35.5. The van der Waals surface area contributed by atoms with E-state index in [9.17, 15) is 9.59 Å². The lowest BCUT2D eigenvalue weighted by Gasteiger charge is -2.29. The van der Waals surface area contributed by atoms with E-state index in [1.165, 1.54) is 6.08 Å². The number of Topliss-reactive ketones (excluding diaryl/α,β-unsaturated/α-hetero) is 1. The normalized spacial score (nSPS) is 19.9. The number of hydrogen-bond donors (Lipinski definition) is 0. The average molecular weight is 322 g/mol. The van der Waals surface area contributed by atoms with Crippen LogP contribution in [0, 0.1) is 0 Å². The zero-order chi connectivity index (χ0) is 16.3. The van der Waals surface area contributed by atoms with E-state index in [1.807, 2.05) is 4.90 Å². The number of carbonyl (C=O) groups is 2. The van der Waals surface area contributed by atoms with Gasteiger partial charge in [0.15, 0.2) is 0 Å². The van der Waals surface area contributed by atoms with Crippen LogP contribution in [0.5, 0.6) is 0 Å². The molecule has 0 aromatic heterocycles. The molecule has 0 aliphatic carbocycles. The Balaban J connectivity index is 2.46. The summed E-state index contributed by atoms with van der Waals surface area (Å²) < 4.78 is 5.01. The number of allylic oxidation sites excluding steroid dienone is 2. The van der Waals surface area contributed by atoms with Crippen LogP contribution in [-0.4, -0.2) is 48.5 Å². The Morgan fingerprint density at radius 2 is 2.27 bits per heavy atom. The largest absolute Gasteiger partial charge is 0.462 e. The van der Waals surface area contributed by atoms with E-state index in [0.29, 0.717) is 17.9 Å². The van der Waals surface area contributed by atoms with Crippen LogP contribution in [0.3, 0.4) is 0 Å². The van der Waals surface area contributed by atoms with Gasteiger partial charge in [-0.1, -0.05) is 17.7 Å². The van der Waals surface area contributed by atoms with E-state index in [0.717, 1.165) is 0 Å². The smallest absolute Gasteiger partial charge is 0.345 e. The zero-order valence-electron chi connectivity index (χ0n) is 12.4. The Kier molecular flexibility index (Phi) is 4.82. The summed E-state index contributed by atoms with van der Waals surface area (Å²) in [7, 11) is 1.77. The topological polar surface area (TPSA) is 62.2 Å². The molecule has 0 aromatic carbocycles. The lowest BCUT2D eigenvalue weighted by molar-refractivity contribution is -0.140. The minimum absolute atomic E-state index is 0.0166. The molecule has 2 aliphatic rings. The van der Waals surface area contributed by atoms with Gasteiger partial charge in [-0.15, -0.1) is 0 Å². The number of fused-ring (bicyclic) bond motifs is 1. The van der Waals surface area contributed by atoms with Crippen LogP contribution in [-0.2, 0) is 14.3 Å². The fraction of sp³-hybridized carbons (Fsp3) is 0.267. The Bertz CT molecular complexity index is 646. The number of aliphatic imine (C=N–C) groups is 1. The number of rotatable bonds is 4. The van der Waals surface area contributed by atoms with E-state index < -0.39 is 5.97 Å². The molecule has 7 heteroatoms. The molecule has 6 nitrogen and oxygen atoms in total. The van der Waals surface area contributed by atoms with Crippen molar-refractivity contribution in [3.63, 3.8) is 0 Å². The second-order valence-corrected chi connectivity index (χ2v) is 5.01. The molecule has 0 fully saturated rings. The van der Waals surface area contributed by atoms with Gasteiger partial charge >= 0.3 is 5.97 Å². The quantitative estimate of drug-likeness (QED) is 0.260. The monoisotopic (exact) mass is 321 g/mol. The Morgan fingerprint density at radius 1 is 1.55 bits per heavy atom. The standard InChI is InChI=1S/C15H16ClN3O3/c1-4-22-15(21)12-13(20)10(5-6-11(16)17-2)9-19-8-7-18(3)14(12)19/h5-8H,2,4,9H2,1,3H3/b10-5+,11-6-. The maximum Gasteiger partial charge on any atom is 0.345 e. The van der Waals surface area contributed by atoms with Gasteiger partial charge in [0.2, 0.25) is 5.78 Å². The van der Waals surface area contributed by atoms with Crippen LogP contribution in [0.25, 0.3) is 0 Å². The van der Waals surface area contributed by atoms with E-state index >= 15 is 0 Å². The summed E-state index contributed by atoms with van der Waals surface area (Å²) >= 11 is 5.75. The van der Waals surface area contributed by atoms with Crippen molar-refractivity contribution in [3.05, 3.63) is 46.7 Å². The first-order valence-corrected chi connectivity index (χ1v) is 7.04. The van der Waals surface area contributed by atoms with Crippen molar-refractivity contribution in [1.82, 2.24) is 9.80 Å². The summed E-state index contributed by atoms with van der Waals surface area (Å²) in [5.41, 5.74) is 0.441.